The van der Waals surface area contributed by atoms with Crippen LogP contribution in [0, 0.1) is 0 Å². The SMILES string of the molecule is CCC(CC)n1ccc(Cn2cnc(S(N)(=O)=O)c2)n1. The topological polar surface area (TPSA) is 95.8 Å². The van der Waals surface area contributed by atoms with Crippen LogP contribution < -0.4 is 5.14 Å². The van der Waals surface area contributed by atoms with Crippen molar-refractivity contribution in [3.63, 3.8) is 0 Å². The molecule has 2 N–H and O–H groups in total. The number of rotatable bonds is 6. The molecule has 0 bridgehead atoms. The third-order valence-electron chi connectivity index (χ3n) is 3.23. The number of imidazole rings is 1. The Morgan fingerprint density at radius 3 is 2.60 bits per heavy atom. The molecule has 0 unspecified atom stereocenters. The van der Waals surface area contributed by atoms with Crippen LogP contribution in [0.15, 0.2) is 29.8 Å². The van der Waals surface area contributed by atoms with E-state index in [1.807, 2.05) is 16.9 Å². The fourth-order valence-corrected chi connectivity index (χ4v) is 2.56. The Morgan fingerprint density at radius 1 is 1.35 bits per heavy atom. The second-order valence-corrected chi connectivity index (χ2v) is 6.19. The predicted octanol–water partition coefficient (Wildman–Crippen LogP) is 1.14. The van der Waals surface area contributed by atoms with Gasteiger partial charge in [0.1, 0.15) is 0 Å². The molecule has 0 aromatic carbocycles. The monoisotopic (exact) mass is 297 g/mol. The van der Waals surface area contributed by atoms with E-state index in [1.165, 1.54) is 12.5 Å². The summed E-state index contributed by atoms with van der Waals surface area (Å²) in [6, 6.07) is 2.32. The van der Waals surface area contributed by atoms with Crippen molar-refractivity contribution in [2.75, 3.05) is 0 Å². The fraction of sp³-hybridized carbons (Fsp3) is 0.500. The average Bonchev–Trinajstić information content (AvgIpc) is 3.00. The zero-order chi connectivity index (χ0) is 14.8. The summed E-state index contributed by atoms with van der Waals surface area (Å²) in [5, 5.41) is 9.40. The maximum atomic E-state index is 11.2. The molecule has 7 nitrogen and oxygen atoms in total. The number of sulfonamides is 1. The average molecular weight is 297 g/mol. The zero-order valence-electron chi connectivity index (χ0n) is 11.6. The van der Waals surface area contributed by atoms with Crippen molar-refractivity contribution in [3.05, 3.63) is 30.5 Å². The lowest BCUT2D eigenvalue weighted by atomic mass is 10.2. The molecule has 110 valence electrons. The lowest BCUT2D eigenvalue weighted by Gasteiger charge is -2.12. The second-order valence-electron chi connectivity index (χ2n) is 4.69. The van der Waals surface area contributed by atoms with E-state index in [4.69, 9.17) is 5.14 Å². The third-order valence-corrected chi connectivity index (χ3v) is 4.02. The summed E-state index contributed by atoms with van der Waals surface area (Å²) in [5.74, 6) is 0. The van der Waals surface area contributed by atoms with Gasteiger partial charge in [-0.2, -0.15) is 5.10 Å². The van der Waals surface area contributed by atoms with E-state index in [0.29, 0.717) is 12.6 Å². The van der Waals surface area contributed by atoms with Gasteiger partial charge in [-0.25, -0.2) is 18.5 Å². The highest BCUT2D eigenvalue weighted by atomic mass is 32.2. The van der Waals surface area contributed by atoms with E-state index >= 15 is 0 Å². The quantitative estimate of drug-likeness (QED) is 0.864. The summed E-state index contributed by atoms with van der Waals surface area (Å²) >= 11 is 0. The maximum Gasteiger partial charge on any atom is 0.257 e. The minimum absolute atomic E-state index is 0.128. The lowest BCUT2D eigenvalue weighted by Crippen LogP contribution is -2.12. The van der Waals surface area contributed by atoms with Crippen molar-refractivity contribution in [3.8, 4) is 0 Å². The normalized spacial score (nSPS) is 12.2. The van der Waals surface area contributed by atoms with Crippen LogP contribution in [0.3, 0.4) is 0 Å². The van der Waals surface area contributed by atoms with Gasteiger partial charge >= 0.3 is 0 Å². The van der Waals surface area contributed by atoms with Gasteiger partial charge < -0.3 is 4.57 Å². The Bertz CT molecular complexity index is 670. The van der Waals surface area contributed by atoms with Crippen LogP contribution in [0.1, 0.15) is 38.4 Å². The summed E-state index contributed by atoms with van der Waals surface area (Å²) in [7, 11) is -3.75. The van der Waals surface area contributed by atoms with Crippen molar-refractivity contribution in [2.24, 2.45) is 5.14 Å². The summed E-state index contributed by atoms with van der Waals surface area (Å²) in [4.78, 5) is 3.77. The van der Waals surface area contributed by atoms with Crippen molar-refractivity contribution in [1.29, 1.82) is 0 Å². The van der Waals surface area contributed by atoms with Crippen LogP contribution in [0.4, 0.5) is 0 Å². The number of hydrogen-bond acceptors (Lipinski definition) is 4. The molecule has 0 saturated carbocycles. The molecule has 0 fully saturated rings. The van der Waals surface area contributed by atoms with Crippen molar-refractivity contribution in [2.45, 2.75) is 44.3 Å². The molecule has 20 heavy (non-hydrogen) atoms. The first kappa shape index (κ1) is 14.7. The van der Waals surface area contributed by atoms with Crippen LogP contribution >= 0.6 is 0 Å². The molecule has 0 atom stereocenters. The molecule has 0 saturated heterocycles. The maximum absolute atomic E-state index is 11.2. The first-order valence-electron chi connectivity index (χ1n) is 6.52. The third kappa shape index (κ3) is 3.26. The predicted molar refractivity (Wildman–Crippen MR) is 74.5 cm³/mol. The van der Waals surface area contributed by atoms with E-state index in [0.717, 1.165) is 18.5 Å². The van der Waals surface area contributed by atoms with Gasteiger partial charge in [-0.3, -0.25) is 4.68 Å². The minimum atomic E-state index is -3.75. The molecule has 0 aliphatic rings. The number of nitrogens with zero attached hydrogens (tertiary/aromatic N) is 4. The van der Waals surface area contributed by atoms with Gasteiger partial charge in [0.05, 0.1) is 24.6 Å². The largest absolute Gasteiger partial charge is 0.330 e. The van der Waals surface area contributed by atoms with E-state index in [1.54, 1.807) is 4.57 Å². The molecule has 0 amide bonds. The van der Waals surface area contributed by atoms with Gasteiger partial charge in [-0.1, -0.05) is 13.8 Å². The Morgan fingerprint density at radius 2 is 2.05 bits per heavy atom. The highest BCUT2D eigenvalue weighted by molar-refractivity contribution is 7.89. The zero-order valence-corrected chi connectivity index (χ0v) is 12.4. The van der Waals surface area contributed by atoms with Crippen LogP contribution in [0.25, 0.3) is 0 Å². The lowest BCUT2D eigenvalue weighted by molar-refractivity contribution is 0.424. The number of nitrogens with two attached hydrogens (primary N) is 1. The van der Waals surface area contributed by atoms with Crippen molar-refractivity contribution in [1.82, 2.24) is 19.3 Å². The summed E-state index contributed by atoms with van der Waals surface area (Å²) in [6.45, 7) is 4.73. The van der Waals surface area contributed by atoms with Crippen molar-refractivity contribution >= 4 is 10.0 Å². The molecular formula is C12H19N5O2S. The highest BCUT2D eigenvalue weighted by Crippen LogP contribution is 2.15. The molecule has 8 heteroatoms. The van der Waals surface area contributed by atoms with E-state index in [2.05, 4.69) is 23.9 Å². The van der Waals surface area contributed by atoms with E-state index < -0.39 is 10.0 Å². The van der Waals surface area contributed by atoms with E-state index in [9.17, 15) is 8.42 Å². The Labute approximate surface area is 118 Å². The number of hydrogen-bond donors (Lipinski definition) is 1. The molecule has 0 spiro atoms. The second kappa shape index (κ2) is 5.76. The number of primary sulfonamides is 1. The van der Waals surface area contributed by atoms with Gasteiger partial charge in [0, 0.05) is 12.4 Å². The first-order chi connectivity index (χ1) is 9.44. The highest BCUT2D eigenvalue weighted by Gasteiger charge is 2.12. The summed E-state index contributed by atoms with van der Waals surface area (Å²) in [5.41, 5.74) is 0.857. The molecule has 0 radical (unpaired) electrons. The summed E-state index contributed by atoms with van der Waals surface area (Å²) in [6.07, 6.45) is 6.85. The Balaban J connectivity index is 2.13. The Hall–Kier alpha value is -1.67. The van der Waals surface area contributed by atoms with Crippen LogP contribution in [0.2, 0.25) is 0 Å². The van der Waals surface area contributed by atoms with Crippen LogP contribution in [-0.4, -0.2) is 27.7 Å². The van der Waals surface area contributed by atoms with Gasteiger partial charge in [0.25, 0.3) is 10.0 Å². The molecule has 2 rings (SSSR count). The molecule has 0 aliphatic carbocycles. The van der Waals surface area contributed by atoms with Crippen LogP contribution in [0.5, 0.6) is 0 Å². The molecule has 0 aliphatic heterocycles. The van der Waals surface area contributed by atoms with Gasteiger partial charge in [0.2, 0.25) is 0 Å². The molecular weight excluding hydrogens is 278 g/mol. The van der Waals surface area contributed by atoms with Crippen LogP contribution in [-0.2, 0) is 16.6 Å². The molecule has 2 aromatic rings. The molecule has 2 aromatic heterocycles. The first-order valence-corrected chi connectivity index (χ1v) is 8.07. The van der Waals surface area contributed by atoms with Gasteiger partial charge in [-0.15, -0.1) is 0 Å². The minimum Gasteiger partial charge on any atom is -0.330 e. The van der Waals surface area contributed by atoms with E-state index in [-0.39, 0.29) is 5.03 Å². The smallest absolute Gasteiger partial charge is 0.257 e. The number of aromatic nitrogens is 4. The Kier molecular flexibility index (Phi) is 4.24. The van der Waals surface area contributed by atoms with Gasteiger partial charge in [-0.05, 0) is 18.9 Å². The van der Waals surface area contributed by atoms with Crippen molar-refractivity contribution < 1.29 is 8.42 Å². The fourth-order valence-electron chi connectivity index (χ4n) is 2.09. The summed E-state index contributed by atoms with van der Waals surface area (Å²) < 4.78 is 25.9. The standard InChI is InChI=1S/C12H19N5O2S/c1-3-11(4-2)17-6-5-10(15-17)7-16-8-12(14-9-16)20(13,18)19/h5-6,8-9,11H,3-4,7H2,1-2H3,(H2,13,18,19). The molecule has 2 heterocycles. The van der Waals surface area contributed by atoms with Gasteiger partial charge in [0.15, 0.2) is 5.03 Å².